The molecule has 0 bridgehead atoms. The molecule has 1 aliphatic rings. The molecular weight excluding hydrogens is 456 g/mol. The van der Waals surface area contributed by atoms with Crippen LogP contribution >= 0.6 is 0 Å². The topological polar surface area (TPSA) is 141 Å². The van der Waals surface area contributed by atoms with Gasteiger partial charge in [-0.3, -0.25) is 10.1 Å². The van der Waals surface area contributed by atoms with Crippen LogP contribution in [0.4, 0.5) is 16.2 Å². The van der Waals surface area contributed by atoms with Gasteiger partial charge in [-0.05, 0) is 67.6 Å². The number of nitrogens with two attached hydrogens (primary N) is 2. The third kappa shape index (κ3) is 7.81. The van der Waals surface area contributed by atoms with E-state index in [-0.39, 0.29) is 17.8 Å². The minimum atomic E-state index is -0.565. The number of anilines is 1. The Kier molecular flexibility index (Phi) is 8.95. The summed E-state index contributed by atoms with van der Waals surface area (Å²) >= 11 is 0. The average molecular weight is 489 g/mol. The molecule has 0 aliphatic carbocycles. The first kappa shape index (κ1) is 26.2. The summed E-state index contributed by atoms with van der Waals surface area (Å²) in [7, 11) is 3.99. The van der Waals surface area contributed by atoms with Crippen LogP contribution in [0.25, 0.3) is 5.57 Å². The predicted octanol–water partition coefficient (Wildman–Crippen LogP) is 2.63. The number of nitrogens with zero attached hydrogens (tertiary/aromatic N) is 4. The Morgan fingerprint density at radius 3 is 2.44 bits per heavy atom. The molecule has 0 aromatic heterocycles. The highest BCUT2D eigenvalue weighted by molar-refractivity contribution is 6.05. The normalized spacial score (nSPS) is 14.3. The van der Waals surface area contributed by atoms with E-state index in [0.29, 0.717) is 24.5 Å². The van der Waals surface area contributed by atoms with Gasteiger partial charge in [0, 0.05) is 25.3 Å². The van der Waals surface area contributed by atoms with Gasteiger partial charge in [0.2, 0.25) is 17.8 Å². The van der Waals surface area contributed by atoms with Crippen LogP contribution in [-0.2, 0) is 11.3 Å². The minimum absolute atomic E-state index is 0.0813. The molecule has 1 aliphatic heterocycles. The molecule has 0 saturated heterocycles. The molecule has 6 N–H and O–H groups in total. The lowest BCUT2D eigenvalue weighted by Crippen LogP contribution is -2.40. The van der Waals surface area contributed by atoms with E-state index >= 15 is 0 Å². The molecule has 0 fully saturated rings. The van der Waals surface area contributed by atoms with Gasteiger partial charge in [0.05, 0.1) is 5.69 Å². The van der Waals surface area contributed by atoms with Crippen LogP contribution in [0, 0.1) is 0 Å². The molecule has 3 amide bonds. The number of rotatable bonds is 6. The van der Waals surface area contributed by atoms with E-state index in [9.17, 15) is 9.59 Å². The minimum Gasteiger partial charge on any atom is -0.369 e. The van der Waals surface area contributed by atoms with E-state index in [1.54, 1.807) is 17.0 Å². The summed E-state index contributed by atoms with van der Waals surface area (Å²) < 4.78 is 0. The lowest BCUT2D eigenvalue weighted by molar-refractivity contribution is -0.125. The quantitative estimate of drug-likeness (QED) is 0.281. The molecular formula is C26H32N8O2. The van der Waals surface area contributed by atoms with Gasteiger partial charge in [-0.15, -0.1) is 0 Å². The smallest absolute Gasteiger partial charge is 0.325 e. The third-order valence-electron chi connectivity index (χ3n) is 5.31. The standard InChI is InChI=1S/C26H32N8O2/c1-4-23(35)34-15-5-6-20(17-34)19-9-13-22(14-10-19)30-26(36)32-25(28)31-24(27)29-21-11-7-18(8-12-21)16-33(2)3/h4,6-14H,1,5,15-17H2,2-3H3,(H6,27,28,29,30,31,32,36). The number of hydrogen-bond donors (Lipinski definition) is 4. The van der Waals surface area contributed by atoms with Crippen molar-refractivity contribution in [3.05, 3.63) is 78.4 Å². The Balaban J connectivity index is 1.54. The first-order chi connectivity index (χ1) is 17.2. The van der Waals surface area contributed by atoms with Crippen LogP contribution in [0.3, 0.4) is 0 Å². The Morgan fingerprint density at radius 2 is 1.81 bits per heavy atom. The maximum atomic E-state index is 12.3. The van der Waals surface area contributed by atoms with Crippen molar-refractivity contribution in [3.8, 4) is 0 Å². The Labute approximate surface area is 211 Å². The zero-order valence-corrected chi connectivity index (χ0v) is 20.6. The number of aliphatic imine (C=N–C) groups is 2. The third-order valence-corrected chi connectivity index (χ3v) is 5.31. The summed E-state index contributed by atoms with van der Waals surface area (Å²) in [5, 5.41) is 5.12. The van der Waals surface area contributed by atoms with Crippen LogP contribution < -0.4 is 22.1 Å². The van der Waals surface area contributed by atoms with E-state index in [1.165, 1.54) is 6.08 Å². The second-order valence-corrected chi connectivity index (χ2v) is 8.51. The second kappa shape index (κ2) is 12.3. The van der Waals surface area contributed by atoms with Gasteiger partial charge in [0.1, 0.15) is 0 Å². The predicted molar refractivity (Wildman–Crippen MR) is 145 cm³/mol. The fraction of sp³-hybridized carbons (Fsp3) is 0.231. The first-order valence-electron chi connectivity index (χ1n) is 11.4. The fourth-order valence-corrected chi connectivity index (χ4v) is 3.67. The molecule has 36 heavy (non-hydrogen) atoms. The zero-order chi connectivity index (χ0) is 26.1. The summed E-state index contributed by atoms with van der Waals surface area (Å²) in [4.78, 5) is 36.1. The van der Waals surface area contributed by atoms with Crippen molar-refractivity contribution in [1.29, 1.82) is 0 Å². The molecule has 2 aromatic rings. The van der Waals surface area contributed by atoms with E-state index < -0.39 is 6.03 Å². The lowest BCUT2D eigenvalue weighted by atomic mass is 10.0. The highest BCUT2D eigenvalue weighted by Gasteiger charge is 2.17. The number of carbonyl (C=O) groups is 2. The van der Waals surface area contributed by atoms with Crippen molar-refractivity contribution in [2.75, 3.05) is 32.5 Å². The lowest BCUT2D eigenvalue weighted by Gasteiger charge is -2.26. The maximum Gasteiger partial charge on any atom is 0.325 e. The van der Waals surface area contributed by atoms with Gasteiger partial charge >= 0.3 is 6.03 Å². The van der Waals surface area contributed by atoms with Crippen molar-refractivity contribution in [2.24, 2.45) is 21.5 Å². The van der Waals surface area contributed by atoms with Crippen molar-refractivity contribution < 1.29 is 9.59 Å². The van der Waals surface area contributed by atoms with Crippen LogP contribution in [0.1, 0.15) is 17.5 Å². The largest absolute Gasteiger partial charge is 0.369 e. The summed E-state index contributed by atoms with van der Waals surface area (Å²) in [6.45, 7) is 5.57. The van der Waals surface area contributed by atoms with Crippen LogP contribution in [-0.4, -0.2) is 60.8 Å². The highest BCUT2D eigenvalue weighted by atomic mass is 16.2. The number of urea groups is 1. The maximum absolute atomic E-state index is 12.3. The number of guanidine groups is 2. The Hall–Kier alpha value is -4.44. The molecule has 1 heterocycles. The molecule has 0 spiro atoms. The SMILES string of the molecule is C=CC(=O)N1CCC=C(c2ccc(NC(=O)N/C(N)=N\C(N)=Nc3ccc(CN(C)C)cc3)cc2)C1. The molecule has 0 unspecified atom stereocenters. The van der Waals surface area contributed by atoms with Crippen molar-refractivity contribution in [3.63, 3.8) is 0 Å². The van der Waals surface area contributed by atoms with E-state index in [2.05, 4.69) is 38.2 Å². The highest BCUT2D eigenvalue weighted by Crippen LogP contribution is 2.22. The molecule has 10 heteroatoms. The summed E-state index contributed by atoms with van der Waals surface area (Å²) in [6, 6.07) is 14.3. The molecule has 0 atom stereocenters. The van der Waals surface area contributed by atoms with E-state index in [0.717, 1.165) is 29.7 Å². The zero-order valence-electron chi connectivity index (χ0n) is 20.6. The molecule has 3 rings (SSSR count). The van der Waals surface area contributed by atoms with Gasteiger partial charge in [0.15, 0.2) is 0 Å². The molecule has 10 nitrogen and oxygen atoms in total. The monoisotopic (exact) mass is 488 g/mol. The number of nitrogens with one attached hydrogen (secondary N) is 2. The summed E-state index contributed by atoms with van der Waals surface area (Å²) in [5.74, 6) is -0.352. The van der Waals surface area contributed by atoms with Crippen LogP contribution in [0.2, 0.25) is 0 Å². The van der Waals surface area contributed by atoms with E-state index in [4.69, 9.17) is 11.5 Å². The molecule has 188 valence electrons. The van der Waals surface area contributed by atoms with E-state index in [1.807, 2.05) is 50.5 Å². The number of carbonyl (C=O) groups excluding carboxylic acids is 2. The summed E-state index contributed by atoms with van der Waals surface area (Å²) in [6.07, 6.45) is 4.22. The first-order valence-corrected chi connectivity index (χ1v) is 11.4. The fourth-order valence-electron chi connectivity index (χ4n) is 3.67. The van der Waals surface area contributed by atoms with Crippen molar-refractivity contribution in [2.45, 2.75) is 13.0 Å². The molecule has 0 saturated carbocycles. The Morgan fingerprint density at radius 1 is 1.11 bits per heavy atom. The molecule has 0 radical (unpaired) electrons. The van der Waals surface area contributed by atoms with Gasteiger partial charge < -0.3 is 26.6 Å². The van der Waals surface area contributed by atoms with Gasteiger partial charge in [0.25, 0.3) is 0 Å². The van der Waals surface area contributed by atoms with Crippen molar-refractivity contribution >= 4 is 40.8 Å². The second-order valence-electron chi connectivity index (χ2n) is 8.51. The van der Waals surface area contributed by atoms with Gasteiger partial charge in [-0.2, -0.15) is 4.99 Å². The van der Waals surface area contributed by atoms with Crippen molar-refractivity contribution in [1.82, 2.24) is 15.1 Å². The number of benzene rings is 2. The van der Waals surface area contributed by atoms with Crippen LogP contribution in [0.15, 0.2) is 77.2 Å². The average Bonchev–Trinajstić information content (AvgIpc) is 2.84. The number of hydrogen-bond acceptors (Lipinski definition) is 4. The van der Waals surface area contributed by atoms with Gasteiger partial charge in [-0.1, -0.05) is 36.9 Å². The Bertz CT molecular complexity index is 1180. The van der Waals surface area contributed by atoms with Crippen LogP contribution in [0.5, 0.6) is 0 Å². The number of amides is 3. The summed E-state index contributed by atoms with van der Waals surface area (Å²) in [5.41, 5.74) is 16.0. The molecule has 2 aromatic carbocycles. The van der Waals surface area contributed by atoms with Gasteiger partial charge in [-0.25, -0.2) is 9.79 Å².